The third-order valence-corrected chi connectivity index (χ3v) is 4.37. The van der Waals surface area contributed by atoms with Crippen LogP contribution in [0, 0.1) is 13.8 Å². The summed E-state index contributed by atoms with van der Waals surface area (Å²) in [5, 5.41) is 7.62. The maximum absolute atomic E-state index is 12.2. The van der Waals surface area contributed by atoms with Crippen molar-refractivity contribution in [1.82, 2.24) is 15.4 Å². The Balaban J connectivity index is 1.86. The highest BCUT2D eigenvalue weighted by Gasteiger charge is 2.28. The van der Waals surface area contributed by atoms with Crippen molar-refractivity contribution in [1.29, 1.82) is 0 Å². The van der Waals surface area contributed by atoms with E-state index in [2.05, 4.69) is 17.4 Å². The number of hydrogen-bond donors (Lipinski definition) is 1. The average Bonchev–Trinajstić information content (AvgIpc) is 2.82. The van der Waals surface area contributed by atoms with E-state index in [0.717, 1.165) is 37.4 Å². The summed E-state index contributed by atoms with van der Waals surface area (Å²) in [6, 6.07) is 0.300. The van der Waals surface area contributed by atoms with Gasteiger partial charge in [0, 0.05) is 31.2 Å². The number of likely N-dealkylation sites (tertiary alicyclic amines) is 1. The molecule has 0 spiro atoms. The van der Waals surface area contributed by atoms with Crippen LogP contribution in [0.25, 0.3) is 0 Å². The Kier molecular flexibility index (Phi) is 5.91. The Labute approximate surface area is 144 Å². The summed E-state index contributed by atoms with van der Waals surface area (Å²) >= 11 is 0. The van der Waals surface area contributed by atoms with Crippen LogP contribution in [0.2, 0.25) is 0 Å². The molecule has 0 aromatic carbocycles. The predicted molar refractivity (Wildman–Crippen MR) is 93.2 cm³/mol. The van der Waals surface area contributed by atoms with Gasteiger partial charge >= 0.3 is 6.09 Å². The summed E-state index contributed by atoms with van der Waals surface area (Å²) in [7, 11) is 0. The number of rotatable bonds is 4. The van der Waals surface area contributed by atoms with Crippen LogP contribution in [0.4, 0.5) is 4.79 Å². The highest BCUT2D eigenvalue weighted by atomic mass is 16.6. The van der Waals surface area contributed by atoms with E-state index < -0.39 is 5.60 Å². The molecule has 24 heavy (non-hydrogen) atoms. The molecule has 2 rings (SSSR count). The number of amides is 1. The molecule has 136 valence electrons. The standard InChI is InChI=1S/C18H31N3O3/c1-12(16-13(2)20-24-14(16)3)10-19-15-8-7-9-21(11-15)17(22)23-18(4,5)6/h12,15,19H,7-11H2,1-6H3/t12-,15-/m0/s1. The van der Waals surface area contributed by atoms with Crippen molar-refractivity contribution >= 4 is 6.09 Å². The summed E-state index contributed by atoms with van der Waals surface area (Å²) < 4.78 is 10.7. The first-order chi connectivity index (χ1) is 11.2. The van der Waals surface area contributed by atoms with Crippen LogP contribution < -0.4 is 5.32 Å². The van der Waals surface area contributed by atoms with Crippen molar-refractivity contribution in [3.63, 3.8) is 0 Å². The number of nitrogens with zero attached hydrogens (tertiary/aromatic N) is 2. The number of nitrogens with one attached hydrogen (secondary N) is 1. The number of ether oxygens (including phenoxy) is 1. The largest absolute Gasteiger partial charge is 0.444 e. The van der Waals surface area contributed by atoms with Crippen molar-refractivity contribution in [2.75, 3.05) is 19.6 Å². The predicted octanol–water partition coefficient (Wildman–Crippen LogP) is 3.38. The van der Waals surface area contributed by atoms with Gasteiger partial charge in [0.15, 0.2) is 0 Å². The first kappa shape index (κ1) is 18.8. The lowest BCUT2D eigenvalue weighted by atomic mass is 9.98. The van der Waals surface area contributed by atoms with Gasteiger partial charge in [0.25, 0.3) is 0 Å². The van der Waals surface area contributed by atoms with Crippen molar-refractivity contribution in [3.8, 4) is 0 Å². The van der Waals surface area contributed by atoms with Crippen LogP contribution in [-0.4, -0.2) is 47.4 Å². The number of aryl methyl sites for hydroxylation is 2. The van der Waals surface area contributed by atoms with Crippen molar-refractivity contribution in [2.45, 2.75) is 71.9 Å². The van der Waals surface area contributed by atoms with E-state index in [4.69, 9.17) is 9.26 Å². The molecule has 0 saturated carbocycles. The first-order valence-corrected chi connectivity index (χ1v) is 8.81. The van der Waals surface area contributed by atoms with E-state index in [9.17, 15) is 4.79 Å². The molecule has 0 bridgehead atoms. The zero-order chi connectivity index (χ0) is 17.9. The zero-order valence-corrected chi connectivity index (χ0v) is 15.8. The Bertz CT molecular complexity index is 543. The van der Waals surface area contributed by atoms with Gasteiger partial charge in [-0.1, -0.05) is 12.1 Å². The minimum atomic E-state index is -0.449. The summed E-state index contributed by atoms with van der Waals surface area (Å²) in [5.41, 5.74) is 1.69. The summed E-state index contributed by atoms with van der Waals surface area (Å²) in [4.78, 5) is 14.0. The lowest BCUT2D eigenvalue weighted by molar-refractivity contribution is 0.0187. The topological polar surface area (TPSA) is 67.6 Å². The number of aromatic nitrogens is 1. The highest BCUT2D eigenvalue weighted by Crippen LogP contribution is 2.23. The monoisotopic (exact) mass is 337 g/mol. The molecule has 0 radical (unpaired) electrons. The Morgan fingerprint density at radius 1 is 1.46 bits per heavy atom. The molecule has 1 aromatic rings. The first-order valence-electron chi connectivity index (χ1n) is 8.81. The molecular weight excluding hydrogens is 306 g/mol. The van der Waals surface area contributed by atoms with Crippen molar-refractivity contribution < 1.29 is 14.1 Å². The lowest BCUT2D eigenvalue weighted by Gasteiger charge is -2.35. The molecule has 6 heteroatoms. The highest BCUT2D eigenvalue weighted by molar-refractivity contribution is 5.68. The van der Waals surface area contributed by atoms with Gasteiger partial charge in [-0.15, -0.1) is 0 Å². The molecule has 2 heterocycles. The number of hydrogen-bond acceptors (Lipinski definition) is 5. The van der Waals surface area contributed by atoms with Crippen LogP contribution in [-0.2, 0) is 4.74 Å². The Hall–Kier alpha value is -1.56. The minimum Gasteiger partial charge on any atom is -0.444 e. The molecule has 6 nitrogen and oxygen atoms in total. The smallest absolute Gasteiger partial charge is 0.410 e. The maximum Gasteiger partial charge on any atom is 0.410 e. The molecule has 1 fully saturated rings. The van der Waals surface area contributed by atoms with Crippen molar-refractivity contribution in [2.24, 2.45) is 0 Å². The SMILES string of the molecule is Cc1noc(C)c1[C@@H](C)CN[C@H]1CCCN(C(=O)OC(C)(C)C)C1. The molecule has 1 aromatic heterocycles. The lowest BCUT2D eigenvalue weighted by Crippen LogP contribution is -2.49. The van der Waals surface area contributed by atoms with Gasteiger partial charge in [-0.2, -0.15) is 0 Å². The van der Waals surface area contributed by atoms with Crippen LogP contribution in [0.1, 0.15) is 63.5 Å². The van der Waals surface area contributed by atoms with E-state index >= 15 is 0 Å². The Morgan fingerprint density at radius 3 is 2.75 bits per heavy atom. The van der Waals surface area contributed by atoms with Gasteiger partial charge < -0.3 is 19.5 Å². The summed E-state index contributed by atoms with van der Waals surface area (Å²) in [6.45, 7) is 14.1. The quantitative estimate of drug-likeness (QED) is 0.912. The van der Waals surface area contributed by atoms with E-state index in [-0.39, 0.29) is 6.09 Å². The van der Waals surface area contributed by atoms with E-state index in [1.54, 1.807) is 0 Å². The van der Waals surface area contributed by atoms with Crippen LogP contribution in [0.3, 0.4) is 0 Å². The van der Waals surface area contributed by atoms with E-state index in [0.29, 0.717) is 18.5 Å². The van der Waals surface area contributed by atoms with Gasteiger partial charge in [-0.3, -0.25) is 0 Å². The van der Waals surface area contributed by atoms with Crippen molar-refractivity contribution in [3.05, 3.63) is 17.0 Å². The number of piperidine rings is 1. The zero-order valence-electron chi connectivity index (χ0n) is 15.8. The fourth-order valence-corrected chi connectivity index (χ4v) is 3.28. The second-order valence-corrected chi connectivity index (χ2v) is 7.81. The number of carbonyl (C=O) groups excluding carboxylic acids is 1. The average molecular weight is 337 g/mol. The number of carbonyl (C=O) groups is 1. The normalized spacial score (nSPS) is 20.1. The maximum atomic E-state index is 12.2. The molecule has 1 aliphatic rings. The Morgan fingerprint density at radius 2 is 2.17 bits per heavy atom. The van der Waals surface area contributed by atoms with Crippen LogP contribution in [0.15, 0.2) is 4.52 Å². The molecular formula is C18H31N3O3. The van der Waals surface area contributed by atoms with Gasteiger partial charge in [0.05, 0.1) is 5.69 Å². The molecule has 1 N–H and O–H groups in total. The van der Waals surface area contributed by atoms with E-state index in [1.165, 1.54) is 5.56 Å². The van der Waals surface area contributed by atoms with Crippen LogP contribution >= 0.6 is 0 Å². The summed E-state index contributed by atoms with van der Waals surface area (Å²) in [6.07, 6.45) is 1.86. The molecule has 0 aliphatic carbocycles. The molecule has 1 aliphatic heterocycles. The fraction of sp³-hybridized carbons (Fsp3) is 0.778. The van der Waals surface area contributed by atoms with E-state index in [1.807, 2.05) is 39.5 Å². The second kappa shape index (κ2) is 7.55. The molecule has 2 atom stereocenters. The second-order valence-electron chi connectivity index (χ2n) is 7.81. The summed E-state index contributed by atoms with van der Waals surface area (Å²) in [5.74, 6) is 1.22. The van der Waals surface area contributed by atoms with Gasteiger partial charge in [-0.05, 0) is 53.4 Å². The van der Waals surface area contributed by atoms with Gasteiger partial charge in [-0.25, -0.2) is 4.79 Å². The molecule has 1 amide bonds. The van der Waals surface area contributed by atoms with Gasteiger partial charge in [0.1, 0.15) is 11.4 Å². The molecule has 1 saturated heterocycles. The van der Waals surface area contributed by atoms with Crippen LogP contribution in [0.5, 0.6) is 0 Å². The third kappa shape index (κ3) is 4.97. The molecule has 0 unspecified atom stereocenters. The van der Waals surface area contributed by atoms with Gasteiger partial charge in [0.2, 0.25) is 0 Å². The fourth-order valence-electron chi connectivity index (χ4n) is 3.28. The minimum absolute atomic E-state index is 0.215. The third-order valence-electron chi connectivity index (χ3n) is 4.37.